The van der Waals surface area contributed by atoms with Crippen molar-refractivity contribution in [2.45, 2.75) is 46.1 Å². The zero-order chi connectivity index (χ0) is 20.9. The molecule has 0 spiro atoms. The molecule has 7 heteroatoms. The van der Waals surface area contributed by atoms with E-state index < -0.39 is 15.9 Å². The van der Waals surface area contributed by atoms with Crippen molar-refractivity contribution in [1.29, 1.82) is 0 Å². The normalized spacial score (nSPS) is 9.96. The summed E-state index contributed by atoms with van der Waals surface area (Å²) in [5, 5.41) is 2.64. The summed E-state index contributed by atoms with van der Waals surface area (Å²) in [6.45, 7) is 9.87. The summed E-state index contributed by atoms with van der Waals surface area (Å²) in [6.07, 6.45) is 0. The van der Waals surface area contributed by atoms with E-state index in [1.807, 2.05) is 34.6 Å². The van der Waals surface area contributed by atoms with Crippen LogP contribution in [0, 0.1) is 6.92 Å². The molecular weight excluding hydrogens is 359 g/mol. The molecule has 0 saturated carbocycles. The Morgan fingerprint density at radius 1 is 0.926 bits per heavy atom. The van der Waals surface area contributed by atoms with Crippen molar-refractivity contribution in [3.8, 4) is 0 Å². The summed E-state index contributed by atoms with van der Waals surface area (Å²) in [5.41, 5.74) is 2.49. The molecule has 2 N–H and O–H groups in total. The fourth-order valence-corrected chi connectivity index (χ4v) is 2.84. The summed E-state index contributed by atoms with van der Waals surface area (Å²) < 4.78 is 26.4. The number of aryl methyl sites for hydroxylation is 1. The minimum Gasteiger partial charge on any atom is -0.351 e. The summed E-state index contributed by atoms with van der Waals surface area (Å²) in [4.78, 5) is 11.9. The minimum atomic E-state index is -3.69. The van der Waals surface area contributed by atoms with E-state index in [1.165, 1.54) is 12.1 Å². The average Bonchev–Trinajstić information content (AvgIpc) is 2.69. The van der Waals surface area contributed by atoms with Gasteiger partial charge in [0.15, 0.2) is 0 Å². The molecule has 2 aromatic carbocycles. The highest BCUT2D eigenvalue weighted by Gasteiger charge is 2.14. The molecule has 2 radical (unpaired) electrons. The highest BCUT2D eigenvalue weighted by molar-refractivity contribution is 7.89. The summed E-state index contributed by atoms with van der Waals surface area (Å²) in [5.74, 6) is -0.405. The first-order valence-electron chi connectivity index (χ1n) is 9.04. The quantitative estimate of drug-likeness (QED) is 0.747. The smallest absolute Gasteiger partial charge is 0.241 e. The van der Waals surface area contributed by atoms with Crippen molar-refractivity contribution in [1.82, 2.24) is 10.0 Å². The first kappa shape index (κ1) is 24.9. The molecule has 0 aliphatic rings. The number of sulfonamides is 1. The Balaban J connectivity index is 0.00000158. The second kappa shape index (κ2) is 13.1. The van der Waals surface area contributed by atoms with E-state index in [0.29, 0.717) is 12.0 Å². The largest absolute Gasteiger partial charge is 0.351 e. The van der Waals surface area contributed by atoms with Crippen LogP contribution in [0.1, 0.15) is 38.8 Å². The predicted molar refractivity (Wildman–Crippen MR) is 113 cm³/mol. The van der Waals surface area contributed by atoms with Gasteiger partial charge in [0.1, 0.15) is 7.85 Å². The Bertz CT molecular complexity index is 774. The van der Waals surface area contributed by atoms with Crippen molar-refractivity contribution in [3.63, 3.8) is 0 Å². The minimum absolute atomic E-state index is 0.134. The van der Waals surface area contributed by atoms with Gasteiger partial charge in [0.2, 0.25) is 15.9 Å². The van der Waals surface area contributed by atoms with Crippen molar-refractivity contribution < 1.29 is 13.2 Å². The fraction of sp³-hybridized carbons (Fsp3) is 0.350. The molecule has 2 rings (SSSR count). The summed E-state index contributed by atoms with van der Waals surface area (Å²) in [7, 11) is 1.89. The molecule has 0 heterocycles. The van der Waals surface area contributed by atoms with E-state index in [0.717, 1.165) is 11.1 Å². The number of hydrogen-bond donors (Lipinski definition) is 2. The Labute approximate surface area is 165 Å². The van der Waals surface area contributed by atoms with Crippen molar-refractivity contribution >= 4 is 29.2 Å². The molecule has 0 saturated heterocycles. The van der Waals surface area contributed by atoms with Gasteiger partial charge in [0.05, 0.1) is 11.4 Å². The molecule has 27 heavy (non-hydrogen) atoms. The first-order valence-corrected chi connectivity index (χ1v) is 10.5. The molecule has 5 nitrogen and oxygen atoms in total. The first-order chi connectivity index (χ1) is 12.9. The molecule has 0 aromatic heterocycles. The van der Waals surface area contributed by atoms with Crippen LogP contribution in [0.3, 0.4) is 0 Å². The molecule has 0 bridgehead atoms. The highest BCUT2D eigenvalue weighted by atomic mass is 32.2. The Morgan fingerprint density at radius 3 is 1.96 bits per heavy atom. The van der Waals surface area contributed by atoms with Gasteiger partial charge >= 0.3 is 0 Å². The van der Waals surface area contributed by atoms with Gasteiger partial charge in [0, 0.05) is 6.54 Å². The van der Waals surface area contributed by atoms with Gasteiger partial charge < -0.3 is 5.32 Å². The van der Waals surface area contributed by atoms with Crippen LogP contribution in [0.25, 0.3) is 0 Å². The van der Waals surface area contributed by atoms with Crippen LogP contribution in [0.4, 0.5) is 0 Å². The van der Waals surface area contributed by atoms with Gasteiger partial charge in [-0.05, 0) is 24.6 Å². The maximum atomic E-state index is 12.1. The van der Waals surface area contributed by atoms with Crippen LogP contribution in [0.5, 0.6) is 0 Å². The summed E-state index contributed by atoms with van der Waals surface area (Å²) in [6, 6.07) is 13.5. The van der Waals surface area contributed by atoms with E-state index in [9.17, 15) is 13.2 Å². The zero-order valence-corrected chi connectivity index (χ0v) is 17.6. The number of carbonyl (C=O) groups excluding carboxylic acids is 1. The van der Waals surface area contributed by atoms with Gasteiger partial charge in [-0.25, -0.2) is 13.1 Å². The second-order valence-corrected chi connectivity index (χ2v) is 6.92. The van der Waals surface area contributed by atoms with E-state index >= 15 is 0 Å². The number of carbonyl (C=O) groups is 1. The second-order valence-electron chi connectivity index (χ2n) is 5.16. The molecule has 0 aliphatic carbocycles. The lowest BCUT2D eigenvalue weighted by Crippen LogP contribution is -2.36. The Hall–Kier alpha value is -2.12. The van der Waals surface area contributed by atoms with Gasteiger partial charge in [-0.1, -0.05) is 75.1 Å². The number of amides is 1. The molecule has 0 fully saturated rings. The Kier molecular flexibility index (Phi) is 12.1. The predicted octanol–water partition coefficient (Wildman–Crippen LogP) is 2.44. The van der Waals surface area contributed by atoms with E-state index in [-0.39, 0.29) is 11.4 Å². The SMILES string of the molecule is CC.CC.[B]c1ccc(CNC(=O)CNS(=O)(=O)c2ccc(C)cc2)cc1. The maximum Gasteiger partial charge on any atom is 0.241 e. The average molecular weight is 388 g/mol. The molecule has 2 aromatic rings. The van der Waals surface area contributed by atoms with Crippen LogP contribution in [0.2, 0.25) is 0 Å². The van der Waals surface area contributed by atoms with Crippen LogP contribution in [-0.2, 0) is 21.4 Å². The molecule has 1 amide bonds. The van der Waals surface area contributed by atoms with E-state index in [4.69, 9.17) is 7.85 Å². The van der Waals surface area contributed by atoms with Crippen LogP contribution in [0.15, 0.2) is 53.4 Å². The van der Waals surface area contributed by atoms with Gasteiger partial charge in [-0.15, -0.1) is 0 Å². The topological polar surface area (TPSA) is 75.3 Å². The highest BCUT2D eigenvalue weighted by Crippen LogP contribution is 2.09. The van der Waals surface area contributed by atoms with E-state index in [2.05, 4.69) is 10.0 Å². The molecule has 0 unspecified atom stereocenters. The number of benzene rings is 2. The molecule has 0 aliphatic heterocycles. The molecular formula is C20H29BN2O3S. The van der Waals surface area contributed by atoms with Crippen molar-refractivity contribution in [3.05, 3.63) is 59.7 Å². The van der Waals surface area contributed by atoms with Gasteiger partial charge in [-0.3, -0.25) is 4.79 Å². The fourth-order valence-electron chi connectivity index (χ4n) is 1.86. The lowest BCUT2D eigenvalue weighted by molar-refractivity contribution is -0.120. The summed E-state index contributed by atoms with van der Waals surface area (Å²) >= 11 is 0. The number of hydrogen-bond acceptors (Lipinski definition) is 3. The van der Waals surface area contributed by atoms with Crippen LogP contribution < -0.4 is 15.5 Å². The molecule has 146 valence electrons. The monoisotopic (exact) mass is 388 g/mol. The third-order valence-electron chi connectivity index (χ3n) is 3.22. The van der Waals surface area contributed by atoms with Crippen LogP contribution >= 0.6 is 0 Å². The standard InChI is InChI=1S/C16H17BN2O3S.2C2H6/c1-12-2-8-15(9-3-12)23(21,22)19-11-16(20)18-10-13-4-6-14(17)7-5-13;2*1-2/h2-9,19H,10-11H2,1H3,(H,18,20);2*1-2H3. The zero-order valence-electron chi connectivity index (χ0n) is 16.7. The lowest BCUT2D eigenvalue weighted by atomic mass is 9.95. The third-order valence-corrected chi connectivity index (χ3v) is 4.64. The van der Waals surface area contributed by atoms with Gasteiger partial charge in [-0.2, -0.15) is 0 Å². The lowest BCUT2D eigenvalue weighted by Gasteiger charge is -2.08. The van der Waals surface area contributed by atoms with Crippen molar-refractivity contribution in [2.24, 2.45) is 0 Å². The number of rotatable bonds is 6. The Morgan fingerprint density at radius 2 is 1.44 bits per heavy atom. The number of nitrogens with one attached hydrogen (secondary N) is 2. The van der Waals surface area contributed by atoms with E-state index in [1.54, 1.807) is 36.4 Å². The van der Waals surface area contributed by atoms with Crippen molar-refractivity contribution in [2.75, 3.05) is 6.54 Å². The molecule has 0 atom stereocenters. The van der Waals surface area contributed by atoms with Gasteiger partial charge in [0.25, 0.3) is 0 Å². The third kappa shape index (κ3) is 9.40. The maximum absolute atomic E-state index is 12.1. The van der Waals surface area contributed by atoms with Crippen LogP contribution in [-0.4, -0.2) is 28.7 Å².